The molecule has 136 valence electrons. The van der Waals surface area contributed by atoms with Gasteiger partial charge in [0.15, 0.2) is 0 Å². The molecule has 0 saturated carbocycles. The van der Waals surface area contributed by atoms with Crippen molar-refractivity contribution in [1.29, 1.82) is 0 Å². The number of imidazole rings is 1. The molecule has 0 fully saturated rings. The number of methoxy groups -OCH3 is 1. The average Bonchev–Trinajstić information content (AvgIpc) is 3.10. The fraction of sp³-hybridized carbons (Fsp3) is 0.174. The van der Waals surface area contributed by atoms with Crippen LogP contribution in [0.2, 0.25) is 0 Å². The van der Waals surface area contributed by atoms with Gasteiger partial charge in [0, 0.05) is 11.3 Å². The van der Waals surface area contributed by atoms with Crippen LogP contribution in [0.5, 0.6) is 5.75 Å². The second-order valence-electron chi connectivity index (χ2n) is 7.13. The highest BCUT2D eigenvalue weighted by Gasteiger charge is 2.17. The number of para-hydroxylation sites is 1. The van der Waals surface area contributed by atoms with E-state index in [1.807, 2.05) is 48.8 Å². The van der Waals surface area contributed by atoms with Crippen LogP contribution in [0.1, 0.15) is 19.4 Å². The van der Waals surface area contributed by atoms with E-state index in [-0.39, 0.29) is 0 Å². The molecule has 0 aliphatic heterocycles. The molecule has 4 heteroatoms. The predicted molar refractivity (Wildman–Crippen MR) is 108 cm³/mol. The van der Waals surface area contributed by atoms with Gasteiger partial charge in [-0.15, -0.1) is 0 Å². The Balaban J connectivity index is 1.81. The molecule has 1 N–H and O–H groups in total. The minimum Gasteiger partial charge on any atom is -0.496 e. The lowest BCUT2D eigenvalue weighted by Gasteiger charge is -2.17. The monoisotopic (exact) mass is 358 g/mol. The molecular weight excluding hydrogens is 336 g/mol. The van der Waals surface area contributed by atoms with Crippen molar-refractivity contribution in [2.24, 2.45) is 0 Å². The summed E-state index contributed by atoms with van der Waals surface area (Å²) in [6, 6.07) is 22.2. The highest BCUT2D eigenvalue weighted by atomic mass is 16.5. The summed E-state index contributed by atoms with van der Waals surface area (Å²) in [6.45, 7) is 3.56. The van der Waals surface area contributed by atoms with Crippen LogP contribution in [0.4, 0.5) is 0 Å². The van der Waals surface area contributed by atoms with E-state index in [1.165, 1.54) is 0 Å². The van der Waals surface area contributed by atoms with Gasteiger partial charge in [0.1, 0.15) is 12.1 Å². The second kappa shape index (κ2) is 6.56. The van der Waals surface area contributed by atoms with Crippen molar-refractivity contribution >= 4 is 11.0 Å². The van der Waals surface area contributed by atoms with E-state index in [0.717, 1.165) is 39.2 Å². The topological polar surface area (TPSA) is 47.3 Å². The first-order chi connectivity index (χ1) is 13.0. The Bertz CT molecular complexity index is 1110. The highest BCUT2D eigenvalue weighted by molar-refractivity contribution is 5.79. The molecule has 0 spiro atoms. The molecule has 3 aromatic carbocycles. The molecule has 0 radical (unpaired) electrons. The van der Waals surface area contributed by atoms with Crippen LogP contribution in [-0.4, -0.2) is 21.8 Å². The maximum atomic E-state index is 10.2. The van der Waals surface area contributed by atoms with E-state index in [4.69, 9.17) is 4.74 Å². The number of aromatic nitrogens is 2. The van der Waals surface area contributed by atoms with E-state index < -0.39 is 5.60 Å². The number of nitrogens with zero attached hydrogens (tertiary/aromatic N) is 2. The molecule has 4 nitrogen and oxygen atoms in total. The zero-order valence-electron chi connectivity index (χ0n) is 15.7. The summed E-state index contributed by atoms with van der Waals surface area (Å²) in [5.41, 5.74) is 4.98. The largest absolute Gasteiger partial charge is 0.496 e. The van der Waals surface area contributed by atoms with Gasteiger partial charge in [-0.2, -0.15) is 0 Å². The molecule has 4 rings (SSSR count). The molecule has 0 aliphatic rings. The van der Waals surface area contributed by atoms with Crippen molar-refractivity contribution in [2.75, 3.05) is 7.11 Å². The maximum Gasteiger partial charge on any atom is 0.126 e. The van der Waals surface area contributed by atoms with Crippen LogP contribution >= 0.6 is 0 Å². The lowest BCUT2D eigenvalue weighted by molar-refractivity contribution is 0.0787. The molecule has 0 saturated heterocycles. The lowest BCUT2D eigenvalue weighted by atomic mass is 9.98. The third-order valence-corrected chi connectivity index (χ3v) is 4.80. The first-order valence-corrected chi connectivity index (χ1v) is 8.91. The summed E-state index contributed by atoms with van der Waals surface area (Å²) in [7, 11) is 1.69. The fourth-order valence-electron chi connectivity index (χ4n) is 3.31. The molecule has 0 amide bonds. The Morgan fingerprint density at radius 1 is 0.963 bits per heavy atom. The first-order valence-electron chi connectivity index (χ1n) is 8.91. The van der Waals surface area contributed by atoms with Crippen molar-refractivity contribution in [2.45, 2.75) is 19.4 Å². The molecule has 1 heterocycles. The van der Waals surface area contributed by atoms with Crippen LogP contribution in [0.25, 0.3) is 27.8 Å². The van der Waals surface area contributed by atoms with Gasteiger partial charge in [-0.1, -0.05) is 36.4 Å². The summed E-state index contributed by atoms with van der Waals surface area (Å²) < 4.78 is 7.56. The van der Waals surface area contributed by atoms with E-state index in [2.05, 4.69) is 33.8 Å². The molecule has 4 aromatic rings. The number of fused-ring (bicyclic) bond motifs is 1. The van der Waals surface area contributed by atoms with Gasteiger partial charge < -0.3 is 9.84 Å². The molecular formula is C23H22N2O2. The number of hydrogen-bond donors (Lipinski definition) is 1. The zero-order valence-corrected chi connectivity index (χ0v) is 15.7. The Labute approximate surface area is 158 Å². The average molecular weight is 358 g/mol. The van der Waals surface area contributed by atoms with Crippen molar-refractivity contribution in [1.82, 2.24) is 9.55 Å². The highest BCUT2D eigenvalue weighted by Crippen LogP contribution is 2.32. The summed E-state index contributed by atoms with van der Waals surface area (Å²) in [4.78, 5) is 4.53. The maximum absolute atomic E-state index is 10.2. The zero-order chi connectivity index (χ0) is 19.0. The van der Waals surface area contributed by atoms with E-state index in [0.29, 0.717) is 0 Å². The number of ether oxygens (including phenoxy) is 1. The SMILES string of the molecule is COc1ccccc1-c1cccc(-n2cnc3cc(C(C)(C)O)ccc32)c1. The number of benzene rings is 3. The Morgan fingerprint density at radius 2 is 1.78 bits per heavy atom. The first kappa shape index (κ1) is 17.3. The van der Waals surface area contributed by atoms with Crippen LogP contribution < -0.4 is 4.74 Å². The van der Waals surface area contributed by atoms with Gasteiger partial charge >= 0.3 is 0 Å². The smallest absolute Gasteiger partial charge is 0.126 e. The van der Waals surface area contributed by atoms with Gasteiger partial charge in [-0.3, -0.25) is 4.57 Å². The summed E-state index contributed by atoms with van der Waals surface area (Å²) >= 11 is 0. The quantitative estimate of drug-likeness (QED) is 0.563. The van der Waals surface area contributed by atoms with Crippen LogP contribution in [0.15, 0.2) is 73.1 Å². The summed E-state index contributed by atoms with van der Waals surface area (Å²) in [5.74, 6) is 0.847. The van der Waals surface area contributed by atoms with Crippen LogP contribution in [-0.2, 0) is 5.60 Å². The van der Waals surface area contributed by atoms with E-state index >= 15 is 0 Å². The Morgan fingerprint density at radius 3 is 2.56 bits per heavy atom. The van der Waals surface area contributed by atoms with Gasteiger partial charge in [0.25, 0.3) is 0 Å². The molecule has 1 aromatic heterocycles. The third kappa shape index (κ3) is 3.20. The van der Waals surface area contributed by atoms with Gasteiger partial charge in [-0.05, 0) is 55.3 Å². The van der Waals surface area contributed by atoms with Crippen LogP contribution in [0.3, 0.4) is 0 Å². The van der Waals surface area contributed by atoms with E-state index in [1.54, 1.807) is 21.0 Å². The van der Waals surface area contributed by atoms with Gasteiger partial charge in [0.2, 0.25) is 0 Å². The van der Waals surface area contributed by atoms with Crippen molar-refractivity contribution < 1.29 is 9.84 Å². The molecule has 0 atom stereocenters. The van der Waals surface area contributed by atoms with Crippen molar-refractivity contribution in [3.63, 3.8) is 0 Å². The molecule has 27 heavy (non-hydrogen) atoms. The molecule has 0 unspecified atom stereocenters. The van der Waals surface area contributed by atoms with Gasteiger partial charge in [0.05, 0.1) is 23.7 Å². The standard InChI is InChI=1S/C23H22N2O2/c1-23(2,26)17-11-12-21-20(14-17)24-15-25(21)18-8-6-7-16(13-18)19-9-4-5-10-22(19)27-3/h4-15,26H,1-3H3. The second-order valence-corrected chi connectivity index (χ2v) is 7.13. The number of rotatable bonds is 4. The van der Waals surface area contributed by atoms with Crippen molar-refractivity contribution in [3.05, 3.63) is 78.6 Å². The summed E-state index contributed by atoms with van der Waals surface area (Å²) in [5, 5.41) is 10.2. The van der Waals surface area contributed by atoms with Gasteiger partial charge in [-0.25, -0.2) is 4.98 Å². The van der Waals surface area contributed by atoms with Crippen LogP contribution in [0, 0.1) is 0 Å². The Hall–Kier alpha value is -3.11. The summed E-state index contributed by atoms with van der Waals surface area (Å²) in [6.07, 6.45) is 1.82. The normalized spacial score (nSPS) is 11.7. The minimum atomic E-state index is -0.887. The number of aliphatic hydroxyl groups is 1. The predicted octanol–water partition coefficient (Wildman–Crippen LogP) is 4.93. The number of hydrogen-bond acceptors (Lipinski definition) is 3. The Kier molecular flexibility index (Phi) is 4.21. The lowest BCUT2D eigenvalue weighted by Crippen LogP contribution is -2.15. The minimum absolute atomic E-state index is 0.847. The van der Waals surface area contributed by atoms with Crippen molar-refractivity contribution in [3.8, 4) is 22.6 Å². The molecule has 0 aliphatic carbocycles. The molecule has 0 bridgehead atoms. The van der Waals surface area contributed by atoms with E-state index in [9.17, 15) is 5.11 Å². The fourth-order valence-corrected chi connectivity index (χ4v) is 3.31. The third-order valence-electron chi connectivity index (χ3n) is 4.80.